The smallest absolute Gasteiger partial charge is 0.191 e. The zero-order valence-corrected chi connectivity index (χ0v) is 16.9. The predicted molar refractivity (Wildman–Crippen MR) is 112 cm³/mol. The molecule has 2 aromatic rings. The molecule has 0 unspecified atom stereocenters. The van der Waals surface area contributed by atoms with Gasteiger partial charge in [0.2, 0.25) is 0 Å². The lowest BCUT2D eigenvalue weighted by Crippen LogP contribution is -2.13. The Balaban J connectivity index is 1.70. The average Bonchev–Trinajstić information content (AvgIpc) is 2.71. The summed E-state index contributed by atoms with van der Waals surface area (Å²) >= 11 is 0. The topological polar surface area (TPSA) is 9.23 Å². The molecule has 28 heavy (non-hydrogen) atoms. The van der Waals surface area contributed by atoms with Crippen molar-refractivity contribution in [2.75, 3.05) is 6.61 Å². The summed E-state index contributed by atoms with van der Waals surface area (Å²) in [7, 11) is 0. The van der Waals surface area contributed by atoms with Gasteiger partial charge in [0.25, 0.3) is 0 Å². The van der Waals surface area contributed by atoms with E-state index in [-0.39, 0.29) is 12.4 Å². The van der Waals surface area contributed by atoms with E-state index in [0.29, 0.717) is 11.5 Å². The monoisotopic (exact) mass is 384 g/mol. The van der Waals surface area contributed by atoms with Crippen LogP contribution in [0.1, 0.15) is 63.9 Å². The minimum absolute atomic E-state index is 0.152. The molecule has 0 heterocycles. The SMILES string of the molecule is C/C=C/COc1c(F)cc(-c2ccc([C@H]3CC[C@H](CCC)CC3)cc2)cc1F. The lowest BCUT2D eigenvalue weighted by molar-refractivity contribution is 0.308. The number of ether oxygens (including phenoxy) is 1. The third-order valence-electron chi connectivity index (χ3n) is 5.82. The minimum Gasteiger partial charge on any atom is -0.483 e. The maximum Gasteiger partial charge on any atom is 0.191 e. The van der Waals surface area contributed by atoms with Crippen LogP contribution < -0.4 is 4.74 Å². The van der Waals surface area contributed by atoms with Crippen molar-refractivity contribution in [3.05, 3.63) is 65.7 Å². The van der Waals surface area contributed by atoms with E-state index >= 15 is 0 Å². The Morgan fingerprint density at radius 3 is 2.18 bits per heavy atom. The fraction of sp³-hybridized carbons (Fsp3) is 0.440. The highest BCUT2D eigenvalue weighted by Gasteiger charge is 2.22. The fourth-order valence-corrected chi connectivity index (χ4v) is 4.23. The maximum atomic E-state index is 14.3. The van der Waals surface area contributed by atoms with Crippen LogP contribution in [0.3, 0.4) is 0 Å². The standard InChI is InChI=1S/C25H30F2O/c1-3-5-15-28-25-23(26)16-22(17-24(25)27)21-13-11-20(12-14-21)19-9-7-18(6-4-2)8-10-19/h3,5,11-14,16-19H,4,6-10,15H2,1-2H3/b5-3+/t18-,19-. The minimum atomic E-state index is -0.669. The van der Waals surface area contributed by atoms with Crippen molar-refractivity contribution in [2.45, 2.75) is 58.3 Å². The van der Waals surface area contributed by atoms with Crippen LogP contribution in [-0.4, -0.2) is 6.61 Å². The molecule has 0 N–H and O–H groups in total. The maximum absolute atomic E-state index is 14.3. The van der Waals surface area contributed by atoms with Gasteiger partial charge >= 0.3 is 0 Å². The van der Waals surface area contributed by atoms with Gasteiger partial charge in [-0.05, 0) is 73.3 Å². The first-order valence-electron chi connectivity index (χ1n) is 10.5. The van der Waals surface area contributed by atoms with Crippen LogP contribution in [0.2, 0.25) is 0 Å². The van der Waals surface area contributed by atoms with Crippen LogP contribution in [0.15, 0.2) is 48.6 Å². The van der Waals surface area contributed by atoms with Crippen LogP contribution >= 0.6 is 0 Å². The molecule has 1 aliphatic rings. The molecule has 1 saturated carbocycles. The number of benzene rings is 2. The molecule has 0 saturated heterocycles. The Hall–Kier alpha value is -2.16. The van der Waals surface area contributed by atoms with Crippen LogP contribution in [0, 0.1) is 17.6 Å². The second-order valence-corrected chi connectivity index (χ2v) is 7.78. The van der Waals surface area contributed by atoms with E-state index in [2.05, 4.69) is 19.1 Å². The highest BCUT2D eigenvalue weighted by atomic mass is 19.1. The van der Waals surface area contributed by atoms with E-state index in [9.17, 15) is 8.78 Å². The number of halogens is 2. The number of rotatable bonds is 7. The van der Waals surface area contributed by atoms with Gasteiger partial charge in [-0.2, -0.15) is 0 Å². The van der Waals surface area contributed by atoms with Crippen LogP contribution in [-0.2, 0) is 0 Å². The van der Waals surface area contributed by atoms with Gasteiger partial charge < -0.3 is 4.74 Å². The molecule has 3 rings (SSSR count). The average molecular weight is 385 g/mol. The largest absolute Gasteiger partial charge is 0.483 e. The lowest BCUT2D eigenvalue weighted by atomic mass is 9.77. The van der Waals surface area contributed by atoms with Gasteiger partial charge in [-0.1, -0.05) is 56.2 Å². The third kappa shape index (κ3) is 5.01. The predicted octanol–water partition coefficient (Wildman–Crippen LogP) is 7.66. The van der Waals surface area contributed by atoms with Gasteiger partial charge in [-0.25, -0.2) is 8.78 Å². The molecular weight excluding hydrogens is 354 g/mol. The van der Waals surface area contributed by atoms with Crippen LogP contribution in [0.5, 0.6) is 5.75 Å². The van der Waals surface area contributed by atoms with Crippen molar-refractivity contribution < 1.29 is 13.5 Å². The Labute approximate surface area is 167 Å². The molecule has 0 atom stereocenters. The van der Waals surface area contributed by atoms with Crippen molar-refractivity contribution in [1.29, 1.82) is 0 Å². The number of hydrogen-bond acceptors (Lipinski definition) is 1. The summed E-state index contributed by atoms with van der Waals surface area (Å²) in [5.74, 6) is -0.156. The summed E-state index contributed by atoms with van der Waals surface area (Å²) in [5.41, 5.74) is 2.69. The summed E-state index contributed by atoms with van der Waals surface area (Å²) in [6.07, 6.45) is 11.2. The van der Waals surface area contributed by atoms with E-state index in [4.69, 9.17) is 4.74 Å². The molecule has 150 valence electrons. The lowest BCUT2D eigenvalue weighted by Gasteiger charge is -2.28. The van der Waals surface area contributed by atoms with Gasteiger partial charge in [-0.3, -0.25) is 0 Å². The molecule has 0 aliphatic heterocycles. The molecule has 0 amide bonds. The van der Waals surface area contributed by atoms with Gasteiger partial charge in [0.15, 0.2) is 17.4 Å². The first-order chi connectivity index (χ1) is 13.6. The molecule has 1 aliphatic carbocycles. The van der Waals surface area contributed by atoms with Gasteiger partial charge in [-0.15, -0.1) is 0 Å². The van der Waals surface area contributed by atoms with Crippen molar-refractivity contribution in [1.82, 2.24) is 0 Å². The van der Waals surface area contributed by atoms with Crippen LogP contribution in [0.4, 0.5) is 8.78 Å². The fourth-order valence-electron chi connectivity index (χ4n) is 4.23. The second kappa shape index (κ2) is 9.86. The summed E-state index contributed by atoms with van der Waals surface area (Å²) in [4.78, 5) is 0. The molecule has 1 fully saturated rings. The number of allylic oxidation sites excluding steroid dienone is 1. The zero-order chi connectivity index (χ0) is 19.9. The zero-order valence-electron chi connectivity index (χ0n) is 16.9. The highest BCUT2D eigenvalue weighted by Crippen LogP contribution is 2.38. The first-order valence-corrected chi connectivity index (χ1v) is 10.5. The highest BCUT2D eigenvalue weighted by molar-refractivity contribution is 5.65. The van der Waals surface area contributed by atoms with Gasteiger partial charge in [0, 0.05) is 0 Å². The van der Waals surface area contributed by atoms with Crippen LogP contribution in [0.25, 0.3) is 11.1 Å². The van der Waals surface area contributed by atoms with E-state index in [0.717, 1.165) is 11.5 Å². The summed E-state index contributed by atoms with van der Waals surface area (Å²) in [6.45, 7) is 4.25. The number of hydrogen-bond donors (Lipinski definition) is 0. The summed E-state index contributed by atoms with van der Waals surface area (Å²) < 4.78 is 33.8. The molecule has 0 spiro atoms. The van der Waals surface area contributed by atoms with Crippen molar-refractivity contribution in [2.24, 2.45) is 5.92 Å². The quantitative estimate of drug-likeness (QED) is 0.445. The molecule has 1 nitrogen and oxygen atoms in total. The summed E-state index contributed by atoms with van der Waals surface area (Å²) in [6, 6.07) is 10.9. The Morgan fingerprint density at radius 1 is 0.964 bits per heavy atom. The van der Waals surface area contributed by atoms with E-state index in [1.165, 1.54) is 56.2 Å². The van der Waals surface area contributed by atoms with E-state index in [1.54, 1.807) is 12.2 Å². The molecule has 0 radical (unpaired) electrons. The Morgan fingerprint density at radius 2 is 1.61 bits per heavy atom. The molecule has 0 bridgehead atoms. The molecule has 3 heteroatoms. The molecule has 0 aromatic heterocycles. The summed E-state index contributed by atoms with van der Waals surface area (Å²) in [5, 5.41) is 0. The van der Waals surface area contributed by atoms with Crippen molar-refractivity contribution >= 4 is 0 Å². The first kappa shape index (κ1) is 20.6. The van der Waals surface area contributed by atoms with Crippen molar-refractivity contribution in [3.63, 3.8) is 0 Å². The Kier molecular flexibility index (Phi) is 7.24. The Bertz CT molecular complexity index is 764. The van der Waals surface area contributed by atoms with Gasteiger partial charge in [0.1, 0.15) is 6.61 Å². The normalized spacial score (nSPS) is 19.9. The second-order valence-electron chi connectivity index (χ2n) is 7.78. The third-order valence-corrected chi connectivity index (χ3v) is 5.82. The van der Waals surface area contributed by atoms with Crippen molar-refractivity contribution in [3.8, 4) is 16.9 Å². The van der Waals surface area contributed by atoms with E-state index < -0.39 is 11.6 Å². The van der Waals surface area contributed by atoms with E-state index in [1.807, 2.05) is 19.1 Å². The van der Waals surface area contributed by atoms with Gasteiger partial charge in [0.05, 0.1) is 0 Å². The molecular formula is C25H30F2O. The molecule has 2 aromatic carbocycles.